The van der Waals surface area contributed by atoms with Crippen molar-refractivity contribution in [3.8, 4) is 0 Å². The number of aromatic nitrogens is 2. The number of fused-ring (bicyclic) bond motifs is 2. The molecule has 0 saturated carbocycles. The predicted molar refractivity (Wildman–Crippen MR) is 265 cm³/mol. The summed E-state index contributed by atoms with van der Waals surface area (Å²) in [6, 6.07) is 18.9. The second kappa shape index (κ2) is 21.2. The van der Waals surface area contributed by atoms with E-state index in [0.717, 1.165) is 38.6 Å². The van der Waals surface area contributed by atoms with Gasteiger partial charge in [-0.25, -0.2) is 9.59 Å². The number of carboxylic acid groups (broad SMARTS) is 1. The third kappa shape index (κ3) is 14.8. The Labute approximate surface area is 401 Å². The SMILES string of the molecule is CCOC(=O)C1(/C=C/c2ccc3ccc([C@@H](C)NC(=O)OC(C)(C)C)nc3c2)CCOC(C)(C)C1.C[C@@H](NC(=O)OC(C)(C)C)c1ccc2ccc(/C=C/C3(C(=O)O)CCOC(C)(C)C3)cc2n1. The highest BCUT2D eigenvalue weighted by atomic mass is 16.6. The van der Waals surface area contributed by atoms with E-state index in [-0.39, 0.29) is 18.1 Å². The van der Waals surface area contributed by atoms with Gasteiger partial charge in [0.25, 0.3) is 0 Å². The Hall–Kier alpha value is -5.86. The third-order valence-corrected chi connectivity index (χ3v) is 11.7. The minimum Gasteiger partial charge on any atom is -0.481 e. The van der Waals surface area contributed by atoms with Crippen molar-refractivity contribution < 1.29 is 48.0 Å². The number of nitrogens with one attached hydrogen (secondary N) is 2. The van der Waals surface area contributed by atoms with Crippen LogP contribution in [0.15, 0.2) is 72.8 Å². The standard InChI is InChI=1S/C28H38N2O5.C26H34N2O5/c1-8-33-24(31)28(15-16-34-27(6,7)18-28)14-13-20-9-10-21-11-12-22(30-23(21)17-20)19(2)29-25(32)35-26(3,4)5;1-17(27-23(31)33-24(2,3)4)20-10-9-19-8-7-18(15-21(19)28-20)11-12-26(22(29)30)13-14-32-25(5,6)16-26/h9-14,17,19H,8,15-16,18H2,1-7H3,(H,29,32);7-12,15,17H,13-14,16H2,1-6H3,(H,27,31)(H,29,30)/b14-13+;12-11+/t19-,28?;17-,26?/m11/s1. The Kier molecular flexibility index (Phi) is 16.6. The maximum Gasteiger partial charge on any atom is 0.408 e. The molecule has 2 amide bonds. The quantitative estimate of drug-likeness (QED) is 0.0956. The zero-order valence-corrected chi connectivity index (χ0v) is 42.2. The van der Waals surface area contributed by atoms with E-state index in [1.807, 2.05) is 169 Å². The molecule has 0 bridgehead atoms. The highest BCUT2D eigenvalue weighted by molar-refractivity contribution is 5.85. The number of hydrogen-bond donors (Lipinski definition) is 3. The first kappa shape index (κ1) is 53.1. The number of ether oxygens (including phenoxy) is 5. The molecule has 4 atom stereocenters. The molecule has 2 unspecified atom stereocenters. The van der Waals surface area contributed by atoms with Gasteiger partial charge in [0.15, 0.2) is 0 Å². The Morgan fingerprint density at radius 2 is 1.07 bits per heavy atom. The minimum atomic E-state index is -0.960. The van der Waals surface area contributed by atoms with Crippen molar-refractivity contribution in [3.63, 3.8) is 0 Å². The Balaban J connectivity index is 0.000000255. The first-order valence-electron chi connectivity index (χ1n) is 23.5. The van der Waals surface area contributed by atoms with Gasteiger partial charge < -0.3 is 39.4 Å². The number of pyridine rings is 2. The van der Waals surface area contributed by atoms with E-state index in [9.17, 15) is 24.3 Å². The molecule has 2 fully saturated rings. The molecule has 0 radical (unpaired) electrons. The summed E-state index contributed by atoms with van der Waals surface area (Å²) in [4.78, 5) is 58.8. The van der Waals surface area contributed by atoms with Gasteiger partial charge >= 0.3 is 24.1 Å². The molecule has 2 aliphatic heterocycles. The van der Waals surface area contributed by atoms with Crippen LogP contribution in [-0.2, 0) is 33.3 Å². The van der Waals surface area contributed by atoms with Crippen LogP contribution < -0.4 is 10.6 Å². The summed E-state index contributed by atoms with van der Waals surface area (Å²) in [7, 11) is 0. The van der Waals surface area contributed by atoms with Crippen molar-refractivity contribution in [1.29, 1.82) is 0 Å². The van der Waals surface area contributed by atoms with Crippen LogP contribution in [0.25, 0.3) is 34.0 Å². The van der Waals surface area contributed by atoms with E-state index >= 15 is 0 Å². The summed E-state index contributed by atoms with van der Waals surface area (Å²) in [6.07, 6.45) is 8.58. The lowest BCUT2D eigenvalue weighted by molar-refractivity contribution is -0.166. The number of alkyl carbamates (subject to hydrolysis) is 2. The second-order valence-corrected chi connectivity index (χ2v) is 21.2. The predicted octanol–water partition coefficient (Wildman–Crippen LogP) is 11.5. The molecule has 2 aromatic carbocycles. The van der Waals surface area contributed by atoms with Crippen LogP contribution in [0.2, 0.25) is 0 Å². The van der Waals surface area contributed by atoms with E-state index in [2.05, 4.69) is 10.6 Å². The Bertz CT molecular complexity index is 2520. The van der Waals surface area contributed by atoms with E-state index in [4.69, 9.17) is 33.7 Å². The molecule has 3 N–H and O–H groups in total. The van der Waals surface area contributed by atoms with Crippen LogP contribution in [0, 0.1) is 10.8 Å². The van der Waals surface area contributed by atoms with Crippen LogP contribution in [0.3, 0.4) is 0 Å². The molecule has 2 aliphatic rings. The highest BCUT2D eigenvalue weighted by Gasteiger charge is 2.46. The number of aliphatic carboxylic acids is 1. The van der Waals surface area contributed by atoms with Gasteiger partial charge in [-0.05, 0) is 151 Å². The zero-order chi connectivity index (χ0) is 50.3. The number of esters is 1. The van der Waals surface area contributed by atoms with Gasteiger partial charge in [-0.15, -0.1) is 0 Å². The number of hydrogen-bond acceptors (Lipinski definition) is 11. The van der Waals surface area contributed by atoms with Crippen molar-refractivity contribution in [1.82, 2.24) is 20.6 Å². The number of carbonyl (C=O) groups excluding carboxylic acids is 3. The summed E-state index contributed by atoms with van der Waals surface area (Å²) in [6.45, 7) is 25.6. The van der Waals surface area contributed by atoms with Crippen molar-refractivity contribution in [3.05, 3.63) is 95.3 Å². The lowest BCUT2D eigenvalue weighted by Crippen LogP contribution is -2.45. The molecule has 4 aromatic rings. The summed E-state index contributed by atoms with van der Waals surface area (Å²) in [5.41, 5.74) is 1.09. The van der Waals surface area contributed by atoms with Crippen LogP contribution in [0.5, 0.6) is 0 Å². The van der Waals surface area contributed by atoms with Crippen LogP contribution >= 0.6 is 0 Å². The third-order valence-electron chi connectivity index (χ3n) is 11.7. The van der Waals surface area contributed by atoms with Gasteiger partial charge in [0.05, 0.1) is 63.1 Å². The average Bonchev–Trinajstić information content (AvgIpc) is 3.22. The van der Waals surface area contributed by atoms with Crippen LogP contribution in [-0.4, -0.2) is 81.4 Å². The van der Waals surface area contributed by atoms with Crippen LogP contribution in [0.1, 0.15) is 150 Å². The molecule has 0 spiro atoms. The second-order valence-electron chi connectivity index (χ2n) is 21.2. The average molecular weight is 937 g/mol. The number of benzene rings is 2. The van der Waals surface area contributed by atoms with Gasteiger partial charge in [0.2, 0.25) is 0 Å². The molecule has 2 saturated heterocycles. The first-order valence-corrected chi connectivity index (χ1v) is 23.5. The topological polar surface area (TPSA) is 184 Å². The number of carboxylic acids is 1. The van der Waals surface area contributed by atoms with E-state index in [0.29, 0.717) is 51.2 Å². The van der Waals surface area contributed by atoms with Gasteiger partial charge in [-0.2, -0.15) is 0 Å². The van der Waals surface area contributed by atoms with Crippen molar-refractivity contribution in [2.45, 2.75) is 150 Å². The molecule has 14 nitrogen and oxygen atoms in total. The molecular formula is C54H72N4O10. The fourth-order valence-electron chi connectivity index (χ4n) is 8.49. The molecule has 4 heterocycles. The van der Waals surface area contributed by atoms with Crippen molar-refractivity contribution >= 4 is 58.1 Å². The molecule has 6 rings (SSSR count). The largest absolute Gasteiger partial charge is 0.481 e. The molecule has 68 heavy (non-hydrogen) atoms. The van der Waals surface area contributed by atoms with Gasteiger partial charge in [-0.3, -0.25) is 19.6 Å². The normalized spacial score (nSPS) is 21.3. The molecular weight excluding hydrogens is 865 g/mol. The van der Waals surface area contributed by atoms with Gasteiger partial charge in [0.1, 0.15) is 11.2 Å². The lowest BCUT2D eigenvalue weighted by atomic mass is 9.73. The monoisotopic (exact) mass is 937 g/mol. The van der Waals surface area contributed by atoms with Crippen molar-refractivity contribution in [2.24, 2.45) is 10.8 Å². The fraction of sp³-hybridized carbons (Fsp3) is 0.519. The number of rotatable bonds is 11. The summed E-state index contributed by atoms with van der Waals surface area (Å²) >= 11 is 0. The van der Waals surface area contributed by atoms with E-state index in [1.165, 1.54) is 0 Å². The molecule has 368 valence electrons. The number of carbonyl (C=O) groups is 4. The molecule has 2 aromatic heterocycles. The van der Waals surface area contributed by atoms with E-state index in [1.54, 1.807) is 6.08 Å². The number of nitrogens with zero attached hydrogens (tertiary/aromatic N) is 2. The number of amides is 2. The first-order chi connectivity index (χ1) is 31.6. The van der Waals surface area contributed by atoms with Crippen LogP contribution in [0.4, 0.5) is 9.59 Å². The Morgan fingerprint density at radius 1 is 0.676 bits per heavy atom. The van der Waals surface area contributed by atoms with Gasteiger partial charge in [-0.1, -0.05) is 60.7 Å². The maximum atomic E-state index is 12.9. The van der Waals surface area contributed by atoms with Crippen molar-refractivity contribution in [2.75, 3.05) is 19.8 Å². The summed E-state index contributed by atoms with van der Waals surface area (Å²) < 4.78 is 27.7. The zero-order valence-electron chi connectivity index (χ0n) is 42.2. The minimum absolute atomic E-state index is 0.212. The van der Waals surface area contributed by atoms with Gasteiger partial charge in [0, 0.05) is 24.0 Å². The van der Waals surface area contributed by atoms with E-state index < -0.39 is 51.4 Å². The smallest absolute Gasteiger partial charge is 0.408 e. The molecule has 14 heteroatoms. The lowest BCUT2D eigenvalue weighted by Gasteiger charge is -2.41. The summed E-state index contributed by atoms with van der Waals surface area (Å²) in [5, 5.41) is 17.5. The Morgan fingerprint density at radius 3 is 1.47 bits per heavy atom. The highest BCUT2D eigenvalue weighted by Crippen LogP contribution is 2.43. The summed E-state index contributed by atoms with van der Waals surface area (Å²) in [5.74, 6) is -1.05. The maximum absolute atomic E-state index is 12.9. The fourth-order valence-corrected chi connectivity index (χ4v) is 8.49. The molecule has 0 aliphatic carbocycles.